The molecular weight excluding hydrogens is 346 g/mol. The summed E-state index contributed by atoms with van der Waals surface area (Å²) in [5, 5.41) is 9.35. The smallest absolute Gasteiger partial charge is 0.243 e. The van der Waals surface area contributed by atoms with E-state index in [4.69, 9.17) is 5.73 Å². The standard InChI is InChI=1S/C14H21N7O5/c1-8(22)17-6-13(25)21-10(2-9-3-16-7-20-9)14(26)19-5-12(24)18-4-11(15)23/h3,7,10H,2,4-6H2,1H3,(H2,15,23)(H,16,20)(H,17,22)(H,18,24)(H,19,26)(H,21,25)/t10-/m0/s1. The number of aromatic amines is 1. The average molecular weight is 367 g/mol. The Morgan fingerprint density at radius 2 is 1.77 bits per heavy atom. The molecule has 0 aliphatic rings. The molecule has 0 aliphatic heterocycles. The predicted molar refractivity (Wildman–Crippen MR) is 88.1 cm³/mol. The lowest BCUT2D eigenvalue weighted by Gasteiger charge is -2.18. The first-order chi connectivity index (χ1) is 12.3. The molecule has 0 saturated carbocycles. The molecule has 12 nitrogen and oxygen atoms in total. The van der Waals surface area contributed by atoms with Gasteiger partial charge in [0.25, 0.3) is 0 Å². The molecule has 1 heterocycles. The number of hydrogen-bond acceptors (Lipinski definition) is 6. The van der Waals surface area contributed by atoms with Crippen molar-refractivity contribution in [2.45, 2.75) is 19.4 Å². The van der Waals surface area contributed by atoms with Crippen molar-refractivity contribution in [2.24, 2.45) is 5.73 Å². The number of amides is 5. The lowest BCUT2D eigenvalue weighted by atomic mass is 10.1. The zero-order chi connectivity index (χ0) is 19.5. The van der Waals surface area contributed by atoms with Gasteiger partial charge in [-0.25, -0.2) is 4.98 Å². The van der Waals surface area contributed by atoms with Crippen molar-refractivity contribution in [1.29, 1.82) is 0 Å². The molecule has 7 N–H and O–H groups in total. The topological polar surface area (TPSA) is 188 Å². The first-order valence-electron chi connectivity index (χ1n) is 7.61. The second-order valence-corrected chi connectivity index (χ2v) is 5.27. The van der Waals surface area contributed by atoms with Crippen molar-refractivity contribution in [3.8, 4) is 0 Å². The fourth-order valence-corrected chi connectivity index (χ4v) is 1.81. The van der Waals surface area contributed by atoms with Crippen LogP contribution < -0.4 is 27.0 Å². The minimum absolute atomic E-state index is 0.0978. The third-order valence-corrected chi connectivity index (χ3v) is 3.01. The Hall–Kier alpha value is -3.44. The van der Waals surface area contributed by atoms with Gasteiger partial charge < -0.3 is 32.0 Å². The maximum Gasteiger partial charge on any atom is 0.243 e. The van der Waals surface area contributed by atoms with Crippen LogP contribution in [0, 0.1) is 0 Å². The molecule has 1 atom stereocenters. The van der Waals surface area contributed by atoms with Crippen LogP contribution in [0.25, 0.3) is 0 Å². The molecule has 0 aromatic carbocycles. The van der Waals surface area contributed by atoms with Crippen molar-refractivity contribution in [3.05, 3.63) is 18.2 Å². The van der Waals surface area contributed by atoms with E-state index in [0.717, 1.165) is 0 Å². The maximum absolute atomic E-state index is 12.3. The van der Waals surface area contributed by atoms with Crippen molar-refractivity contribution < 1.29 is 24.0 Å². The van der Waals surface area contributed by atoms with Gasteiger partial charge in [0.2, 0.25) is 29.5 Å². The molecule has 1 aromatic heterocycles. The van der Waals surface area contributed by atoms with Crippen molar-refractivity contribution in [1.82, 2.24) is 31.2 Å². The number of nitrogens with two attached hydrogens (primary N) is 1. The van der Waals surface area contributed by atoms with Crippen molar-refractivity contribution in [2.75, 3.05) is 19.6 Å². The lowest BCUT2D eigenvalue weighted by molar-refractivity contribution is -0.131. The quantitative estimate of drug-likeness (QED) is 0.247. The molecule has 0 unspecified atom stereocenters. The van der Waals surface area contributed by atoms with Crippen LogP contribution in [0.4, 0.5) is 0 Å². The molecule has 0 spiro atoms. The summed E-state index contributed by atoms with van der Waals surface area (Å²) in [6.45, 7) is 0.223. The molecule has 0 fully saturated rings. The number of carbonyl (C=O) groups is 5. The SMILES string of the molecule is CC(=O)NCC(=O)N[C@@H](Cc1cnc[nH]1)C(=O)NCC(=O)NCC(N)=O. The van der Waals surface area contributed by atoms with Crippen LogP contribution in [-0.2, 0) is 30.4 Å². The molecule has 142 valence electrons. The summed E-state index contributed by atoms with van der Waals surface area (Å²) in [5.74, 6) is -2.90. The Morgan fingerprint density at radius 1 is 1.08 bits per heavy atom. The van der Waals surface area contributed by atoms with Gasteiger partial charge in [-0.3, -0.25) is 24.0 Å². The zero-order valence-electron chi connectivity index (χ0n) is 14.1. The number of nitrogens with zero attached hydrogens (tertiary/aromatic N) is 1. The second kappa shape index (κ2) is 10.4. The maximum atomic E-state index is 12.3. The highest BCUT2D eigenvalue weighted by Crippen LogP contribution is 1.99. The summed E-state index contributed by atoms with van der Waals surface area (Å²) in [6, 6.07) is -0.999. The Bertz CT molecular complexity index is 659. The third kappa shape index (κ3) is 8.42. The number of aromatic nitrogens is 2. The van der Waals surface area contributed by atoms with E-state index < -0.39 is 36.2 Å². The summed E-state index contributed by atoms with van der Waals surface area (Å²) < 4.78 is 0. The van der Waals surface area contributed by atoms with Crippen LogP contribution in [0.15, 0.2) is 12.5 Å². The van der Waals surface area contributed by atoms with Crippen LogP contribution in [-0.4, -0.2) is 65.2 Å². The number of nitrogens with one attached hydrogen (secondary N) is 5. The molecule has 0 saturated heterocycles. The molecule has 1 rings (SSSR count). The monoisotopic (exact) mass is 367 g/mol. The Labute approximate surface area is 148 Å². The van der Waals surface area contributed by atoms with Crippen molar-refractivity contribution in [3.63, 3.8) is 0 Å². The van der Waals surface area contributed by atoms with Gasteiger partial charge in [-0.05, 0) is 0 Å². The molecular formula is C14H21N7O5. The molecule has 1 aromatic rings. The van der Waals surface area contributed by atoms with Gasteiger partial charge in [-0.2, -0.15) is 0 Å². The Balaban J connectivity index is 2.60. The Kier molecular flexibility index (Phi) is 8.27. The van der Waals surface area contributed by atoms with E-state index in [-0.39, 0.29) is 25.4 Å². The fourth-order valence-electron chi connectivity index (χ4n) is 1.81. The molecule has 0 bridgehead atoms. The van der Waals surface area contributed by atoms with Gasteiger partial charge in [0, 0.05) is 25.2 Å². The van der Waals surface area contributed by atoms with E-state index in [1.165, 1.54) is 19.4 Å². The molecule has 0 aliphatic carbocycles. The third-order valence-electron chi connectivity index (χ3n) is 3.01. The number of imidazole rings is 1. The first kappa shape index (κ1) is 20.6. The van der Waals surface area contributed by atoms with E-state index in [0.29, 0.717) is 5.69 Å². The van der Waals surface area contributed by atoms with Gasteiger partial charge in [0.15, 0.2) is 0 Å². The predicted octanol–water partition coefficient (Wildman–Crippen LogP) is -3.71. The second-order valence-electron chi connectivity index (χ2n) is 5.27. The number of carbonyl (C=O) groups excluding carboxylic acids is 5. The molecule has 0 radical (unpaired) electrons. The summed E-state index contributed by atoms with van der Waals surface area (Å²) in [7, 11) is 0. The first-order valence-corrected chi connectivity index (χ1v) is 7.61. The van der Waals surface area contributed by atoms with Crippen LogP contribution >= 0.6 is 0 Å². The van der Waals surface area contributed by atoms with Crippen molar-refractivity contribution >= 4 is 29.5 Å². The van der Waals surface area contributed by atoms with E-state index >= 15 is 0 Å². The van der Waals surface area contributed by atoms with Crippen LogP contribution in [0.3, 0.4) is 0 Å². The van der Waals surface area contributed by atoms with Gasteiger partial charge in [-0.1, -0.05) is 0 Å². The largest absolute Gasteiger partial charge is 0.368 e. The number of H-pyrrole nitrogens is 1. The summed E-state index contributed by atoms with van der Waals surface area (Å²) in [5.41, 5.74) is 5.48. The van der Waals surface area contributed by atoms with Crippen LogP contribution in [0.1, 0.15) is 12.6 Å². The van der Waals surface area contributed by atoms with E-state index in [1.807, 2.05) is 0 Å². The number of hydrogen-bond donors (Lipinski definition) is 6. The molecule has 5 amide bonds. The highest BCUT2D eigenvalue weighted by molar-refractivity contribution is 5.92. The van der Waals surface area contributed by atoms with E-state index in [9.17, 15) is 24.0 Å². The fraction of sp³-hybridized carbons (Fsp3) is 0.429. The van der Waals surface area contributed by atoms with Gasteiger partial charge in [-0.15, -0.1) is 0 Å². The minimum atomic E-state index is -0.999. The highest BCUT2D eigenvalue weighted by Gasteiger charge is 2.22. The average Bonchev–Trinajstić information content (AvgIpc) is 3.08. The highest BCUT2D eigenvalue weighted by atomic mass is 16.2. The number of primary amides is 1. The normalized spacial score (nSPS) is 11.1. The van der Waals surface area contributed by atoms with Gasteiger partial charge >= 0.3 is 0 Å². The lowest BCUT2D eigenvalue weighted by Crippen LogP contribution is -2.52. The van der Waals surface area contributed by atoms with Crippen LogP contribution in [0.5, 0.6) is 0 Å². The molecule has 26 heavy (non-hydrogen) atoms. The van der Waals surface area contributed by atoms with Crippen LogP contribution in [0.2, 0.25) is 0 Å². The molecule has 12 heteroatoms. The Morgan fingerprint density at radius 3 is 2.35 bits per heavy atom. The summed E-state index contributed by atoms with van der Waals surface area (Å²) in [4.78, 5) is 63.7. The van der Waals surface area contributed by atoms with E-state index in [1.54, 1.807) is 0 Å². The minimum Gasteiger partial charge on any atom is -0.368 e. The van der Waals surface area contributed by atoms with E-state index in [2.05, 4.69) is 31.2 Å². The zero-order valence-corrected chi connectivity index (χ0v) is 14.1. The van der Waals surface area contributed by atoms with Gasteiger partial charge in [0.1, 0.15) is 6.04 Å². The summed E-state index contributed by atoms with van der Waals surface area (Å²) in [6.07, 6.45) is 3.00. The summed E-state index contributed by atoms with van der Waals surface area (Å²) >= 11 is 0. The van der Waals surface area contributed by atoms with Gasteiger partial charge in [0.05, 0.1) is 26.0 Å². The number of rotatable bonds is 10.